The predicted octanol–water partition coefficient (Wildman–Crippen LogP) is 1.96. The summed E-state index contributed by atoms with van der Waals surface area (Å²) in [5.74, 6) is 0. The van der Waals surface area contributed by atoms with Crippen LogP contribution >= 0.6 is 0 Å². The van der Waals surface area contributed by atoms with Gasteiger partial charge in [0.2, 0.25) is 0 Å². The maximum atomic E-state index is 11.6. The summed E-state index contributed by atoms with van der Waals surface area (Å²) in [4.78, 5) is 11.6. The van der Waals surface area contributed by atoms with Crippen LogP contribution in [-0.2, 0) is 6.42 Å². The monoisotopic (exact) mass is 258 g/mol. The van der Waals surface area contributed by atoms with Crippen LogP contribution < -0.4 is 10.6 Å². The van der Waals surface area contributed by atoms with E-state index in [-0.39, 0.29) is 11.6 Å². The van der Waals surface area contributed by atoms with E-state index >= 15 is 0 Å². The van der Waals surface area contributed by atoms with Crippen LogP contribution in [0, 0.1) is 0 Å². The number of hydrogen-bond donors (Lipinski definition) is 3. The predicted molar refractivity (Wildman–Crippen MR) is 74.0 cm³/mol. The van der Waals surface area contributed by atoms with Crippen LogP contribution in [0.1, 0.15) is 25.3 Å². The zero-order chi connectivity index (χ0) is 13.3. The molecular formula is C14H18N4O. The third-order valence-corrected chi connectivity index (χ3v) is 3.62. The molecule has 1 aliphatic carbocycles. The lowest BCUT2D eigenvalue weighted by molar-refractivity contribution is 0.237. The second-order valence-electron chi connectivity index (χ2n) is 5.48. The SMILES string of the molecule is CC1(NC(=O)NCCc2ccc3cn[nH]c3c2)CC1. The molecule has 5 nitrogen and oxygen atoms in total. The van der Waals surface area contributed by atoms with E-state index in [0.29, 0.717) is 6.54 Å². The van der Waals surface area contributed by atoms with E-state index in [1.807, 2.05) is 6.07 Å². The van der Waals surface area contributed by atoms with Crippen LogP contribution in [0.3, 0.4) is 0 Å². The van der Waals surface area contributed by atoms with Crippen molar-refractivity contribution in [2.24, 2.45) is 0 Å². The molecule has 100 valence electrons. The van der Waals surface area contributed by atoms with Gasteiger partial charge in [-0.2, -0.15) is 5.10 Å². The van der Waals surface area contributed by atoms with E-state index in [4.69, 9.17) is 0 Å². The number of H-pyrrole nitrogens is 1. The minimum absolute atomic E-state index is 0.0406. The first-order valence-corrected chi connectivity index (χ1v) is 6.63. The average molecular weight is 258 g/mol. The van der Waals surface area contributed by atoms with Gasteiger partial charge in [0.25, 0.3) is 0 Å². The number of nitrogens with zero attached hydrogens (tertiary/aromatic N) is 1. The number of hydrogen-bond acceptors (Lipinski definition) is 2. The Morgan fingerprint density at radius 1 is 1.47 bits per heavy atom. The van der Waals surface area contributed by atoms with E-state index in [1.165, 1.54) is 5.56 Å². The van der Waals surface area contributed by atoms with Crippen molar-refractivity contribution in [2.45, 2.75) is 31.7 Å². The Bertz CT molecular complexity index is 600. The summed E-state index contributed by atoms with van der Waals surface area (Å²) < 4.78 is 0. The highest BCUT2D eigenvalue weighted by atomic mass is 16.2. The normalized spacial score (nSPS) is 16.3. The highest BCUT2D eigenvalue weighted by Gasteiger charge is 2.38. The smallest absolute Gasteiger partial charge is 0.315 e. The van der Waals surface area contributed by atoms with E-state index in [0.717, 1.165) is 30.2 Å². The lowest BCUT2D eigenvalue weighted by Crippen LogP contribution is -2.42. The van der Waals surface area contributed by atoms with Gasteiger partial charge in [0.05, 0.1) is 11.7 Å². The highest BCUT2D eigenvalue weighted by Crippen LogP contribution is 2.33. The van der Waals surface area contributed by atoms with Crippen molar-refractivity contribution < 1.29 is 4.79 Å². The molecule has 0 aliphatic heterocycles. The molecule has 1 saturated carbocycles. The van der Waals surface area contributed by atoms with Gasteiger partial charge in [0, 0.05) is 17.5 Å². The quantitative estimate of drug-likeness (QED) is 0.784. The fourth-order valence-electron chi connectivity index (χ4n) is 2.09. The van der Waals surface area contributed by atoms with Crippen LogP contribution in [-0.4, -0.2) is 28.3 Å². The van der Waals surface area contributed by atoms with Gasteiger partial charge in [-0.3, -0.25) is 5.10 Å². The summed E-state index contributed by atoms with van der Waals surface area (Å²) in [6.45, 7) is 2.71. The minimum atomic E-state index is -0.0670. The zero-order valence-electron chi connectivity index (χ0n) is 11.0. The maximum Gasteiger partial charge on any atom is 0.315 e. The molecule has 1 aromatic heterocycles. The van der Waals surface area contributed by atoms with Gasteiger partial charge in [0.1, 0.15) is 0 Å². The van der Waals surface area contributed by atoms with E-state index in [1.54, 1.807) is 6.20 Å². The second kappa shape index (κ2) is 4.57. The molecule has 5 heteroatoms. The van der Waals surface area contributed by atoms with E-state index in [9.17, 15) is 4.79 Å². The van der Waals surface area contributed by atoms with Crippen molar-refractivity contribution in [3.8, 4) is 0 Å². The third-order valence-electron chi connectivity index (χ3n) is 3.62. The van der Waals surface area contributed by atoms with Gasteiger partial charge in [-0.1, -0.05) is 12.1 Å². The van der Waals surface area contributed by atoms with Gasteiger partial charge in [-0.15, -0.1) is 0 Å². The van der Waals surface area contributed by atoms with Gasteiger partial charge in [-0.05, 0) is 37.8 Å². The van der Waals surface area contributed by atoms with Crippen molar-refractivity contribution in [2.75, 3.05) is 6.54 Å². The fourth-order valence-corrected chi connectivity index (χ4v) is 2.09. The van der Waals surface area contributed by atoms with Crippen molar-refractivity contribution >= 4 is 16.9 Å². The lowest BCUT2D eigenvalue weighted by Gasteiger charge is -2.12. The van der Waals surface area contributed by atoms with Crippen molar-refractivity contribution in [1.82, 2.24) is 20.8 Å². The lowest BCUT2D eigenvalue weighted by atomic mass is 10.1. The molecule has 1 aromatic carbocycles. The number of rotatable bonds is 4. The van der Waals surface area contributed by atoms with Gasteiger partial charge in [-0.25, -0.2) is 4.79 Å². The minimum Gasteiger partial charge on any atom is -0.338 e. The van der Waals surface area contributed by atoms with Crippen molar-refractivity contribution in [3.05, 3.63) is 30.0 Å². The molecule has 2 aromatic rings. The zero-order valence-corrected chi connectivity index (χ0v) is 11.0. The molecule has 0 spiro atoms. The van der Waals surface area contributed by atoms with Crippen LogP contribution in [0.25, 0.3) is 10.9 Å². The van der Waals surface area contributed by atoms with Gasteiger partial charge < -0.3 is 10.6 Å². The summed E-state index contributed by atoms with van der Waals surface area (Å²) >= 11 is 0. The van der Waals surface area contributed by atoms with E-state index in [2.05, 4.69) is 39.9 Å². The topological polar surface area (TPSA) is 69.8 Å². The number of aromatic nitrogens is 2. The third kappa shape index (κ3) is 2.86. The first-order chi connectivity index (χ1) is 9.15. The molecule has 0 bridgehead atoms. The molecule has 0 saturated heterocycles. The molecule has 2 amide bonds. The number of benzene rings is 1. The first kappa shape index (κ1) is 12.0. The Balaban J connectivity index is 1.50. The Morgan fingerprint density at radius 3 is 3.11 bits per heavy atom. The number of nitrogens with one attached hydrogen (secondary N) is 3. The standard InChI is InChI=1S/C14H18N4O/c1-14(5-6-14)17-13(19)15-7-4-10-2-3-11-9-16-18-12(11)8-10/h2-3,8-9H,4-7H2,1H3,(H,16,18)(H2,15,17,19). The molecule has 19 heavy (non-hydrogen) atoms. The molecule has 1 fully saturated rings. The number of aromatic amines is 1. The van der Waals surface area contributed by atoms with Crippen LogP contribution in [0.15, 0.2) is 24.4 Å². The summed E-state index contributed by atoms with van der Waals surface area (Å²) in [6, 6.07) is 6.12. The molecule has 0 radical (unpaired) electrons. The summed E-state index contributed by atoms with van der Waals surface area (Å²) in [5.41, 5.74) is 2.26. The number of carbonyl (C=O) groups is 1. The largest absolute Gasteiger partial charge is 0.338 e. The Morgan fingerprint density at radius 2 is 2.32 bits per heavy atom. The molecule has 1 aliphatic rings. The Kier molecular flexibility index (Phi) is 2.89. The number of amides is 2. The average Bonchev–Trinajstić information content (AvgIpc) is 2.91. The van der Waals surface area contributed by atoms with Crippen molar-refractivity contribution in [3.63, 3.8) is 0 Å². The first-order valence-electron chi connectivity index (χ1n) is 6.63. The summed E-state index contributed by atoms with van der Waals surface area (Å²) in [7, 11) is 0. The number of urea groups is 1. The molecule has 0 atom stereocenters. The van der Waals surface area contributed by atoms with Gasteiger partial charge in [0.15, 0.2) is 0 Å². The maximum absolute atomic E-state index is 11.6. The van der Waals surface area contributed by atoms with E-state index < -0.39 is 0 Å². The second-order valence-corrected chi connectivity index (χ2v) is 5.48. The van der Waals surface area contributed by atoms with Crippen molar-refractivity contribution in [1.29, 1.82) is 0 Å². The highest BCUT2D eigenvalue weighted by molar-refractivity contribution is 5.78. The molecule has 3 N–H and O–H groups in total. The number of fused-ring (bicyclic) bond motifs is 1. The van der Waals surface area contributed by atoms with Crippen LogP contribution in [0.4, 0.5) is 4.79 Å². The summed E-state index contributed by atoms with van der Waals surface area (Å²) in [5, 5.41) is 13.9. The molecule has 1 heterocycles. The number of carbonyl (C=O) groups excluding carboxylic acids is 1. The van der Waals surface area contributed by atoms with Gasteiger partial charge >= 0.3 is 6.03 Å². The van der Waals surface area contributed by atoms with Crippen LogP contribution in [0.2, 0.25) is 0 Å². The summed E-state index contributed by atoms with van der Waals surface area (Å²) in [6.07, 6.45) is 4.79. The molecular weight excluding hydrogens is 240 g/mol. The van der Waals surface area contributed by atoms with Crippen LogP contribution in [0.5, 0.6) is 0 Å². The Labute approximate surface area is 111 Å². The molecule has 3 rings (SSSR count). The molecule has 0 unspecified atom stereocenters. The fraction of sp³-hybridized carbons (Fsp3) is 0.429. The Hall–Kier alpha value is -2.04.